The number of aliphatic hydroxyl groups is 2. The molecule has 0 atom stereocenters. The Labute approximate surface area is 112 Å². The van der Waals surface area contributed by atoms with Gasteiger partial charge in [0.2, 0.25) is 0 Å². The molecule has 0 unspecified atom stereocenters. The number of rotatable bonds is 7. The van der Waals surface area contributed by atoms with Crippen LogP contribution in [0.25, 0.3) is 0 Å². The van der Waals surface area contributed by atoms with Crippen molar-refractivity contribution in [1.82, 2.24) is 0 Å². The highest BCUT2D eigenvalue weighted by molar-refractivity contribution is 7.99. The SMILES string of the molecule is CCSCCC(CO)(CO)c1cccc(Cl)c1. The molecule has 0 amide bonds. The van der Waals surface area contributed by atoms with Crippen LogP contribution in [0.5, 0.6) is 0 Å². The number of hydrogen-bond acceptors (Lipinski definition) is 3. The maximum absolute atomic E-state index is 9.61. The van der Waals surface area contributed by atoms with E-state index in [1.807, 2.05) is 30.0 Å². The number of hydrogen-bond donors (Lipinski definition) is 2. The van der Waals surface area contributed by atoms with Crippen LogP contribution in [-0.2, 0) is 5.41 Å². The fourth-order valence-corrected chi connectivity index (χ4v) is 2.78. The highest BCUT2D eigenvalue weighted by Gasteiger charge is 2.30. The summed E-state index contributed by atoms with van der Waals surface area (Å²) in [6, 6.07) is 7.38. The molecule has 1 aromatic rings. The first-order chi connectivity index (χ1) is 8.18. The Hall–Kier alpha value is -0.220. The van der Waals surface area contributed by atoms with E-state index >= 15 is 0 Å². The van der Waals surface area contributed by atoms with E-state index in [4.69, 9.17) is 11.6 Å². The first kappa shape index (κ1) is 14.8. The molecule has 0 bridgehead atoms. The van der Waals surface area contributed by atoms with Gasteiger partial charge in [-0.25, -0.2) is 0 Å². The highest BCUT2D eigenvalue weighted by atomic mass is 35.5. The molecule has 0 aliphatic rings. The van der Waals surface area contributed by atoms with Gasteiger partial charge in [-0.2, -0.15) is 11.8 Å². The van der Waals surface area contributed by atoms with E-state index in [1.54, 1.807) is 6.07 Å². The Bertz CT molecular complexity index is 340. The lowest BCUT2D eigenvalue weighted by Gasteiger charge is -2.30. The summed E-state index contributed by atoms with van der Waals surface area (Å²) in [4.78, 5) is 0. The van der Waals surface area contributed by atoms with E-state index in [2.05, 4.69) is 6.92 Å². The van der Waals surface area contributed by atoms with E-state index in [0.29, 0.717) is 5.02 Å². The van der Waals surface area contributed by atoms with Crippen molar-refractivity contribution in [2.24, 2.45) is 0 Å². The molecule has 0 aliphatic carbocycles. The second-order valence-electron chi connectivity index (χ2n) is 4.05. The lowest BCUT2D eigenvalue weighted by atomic mass is 9.79. The Morgan fingerprint density at radius 1 is 1.29 bits per heavy atom. The molecule has 0 aliphatic heterocycles. The normalized spacial score (nSPS) is 11.8. The van der Waals surface area contributed by atoms with Gasteiger partial charge in [-0.1, -0.05) is 30.7 Å². The predicted molar refractivity (Wildman–Crippen MR) is 74.9 cm³/mol. The van der Waals surface area contributed by atoms with Gasteiger partial charge in [-0.15, -0.1) is 0 Å². The zero-order valence-corrected chi connectivity index (χ0v) is 11.6. The van der Waals surface area contributed by atoms with Crippen molar-refractivity contribution >= 4 is 23.4 Å². The second-order valence-corrected chi connectivity index (χ2v) is 5.88. The number of benzene rings is 1. The number of aliphatic hydroxyl groups excluding tert-OH is 2. The van der Waals surface area contributed by atoms with E-state index in [-0.39, 0.29) is 13.2 Å². The van der Waals surface area contributed by atoms with Crippen LogP contribution in [0, 0.1) is 0 Å². The molecule has 0 fully saturated rings. The first-order valence-corrected chi connectivity index (χ1v) is 7.27. The Balaban J connectivity index is 2.89. The molecular formula is C13H19ClO2S. The minimum absolute atomic E-state index is 0.0614. The average molecular weight is 275 g/mol. The maximum atomic E-state index is 9.61. The molecule has 0 saturated heterocycles. The van der Waals surface area contributed by atoms with Crippen LogP contribution in [0.4, 0.5) is 0 Å². The molecule has 2 N–H and O–H groups in total. The van der Waals surface area contributed by atoms with Crippen LogP contribution >= 0.6 is 23.4 Å². The summed E-state index contributed by atoms with van der Waals surface area (Å²) >= 11 is 7.77. The lowest BCUT2D eigenvalue weighted by Crippen LogP contribution is -2.35. The first-order valence-electron chi connectivity index (χ1n) is 5.74. The molecule has 0 saturated carbocycles. The fraction of sp³-hybridized carbons (Fsp3) is 0.538. The molecule has 17 heavy (non-hydrogen) atoms. The van der Waals surface area contributed by atoms with Crippen molar-refractivity contribution in [1.29, 1.82) is 0 Å². The lowest BCUT2D eigenvalue weighted by molar-refractivity contribution is 0.114. The van der Waals surface area contributed by atoms with E-state index in [0.717, 1.165) is 23.5 Å². The zero-order chi connectivity index (χ0) is 12.7. The molecule has 0 radical (unpaired) electrons. The van der Waals surface area contributed by atoms with Crippen molar-refractivity contribution in [2.45, 2.75) is 18.8 Å². The van der Waals surface area contributed by atoms with Crippen molar-refractivity contribution < 1.29 is 10.2 Å². The molecule has 4 heteroatoms. The minimum atomic E-state index is -0.576. The largest absolute Gasteiger partial charge is 0.395 e. The Kier molecular flexibility index (Phi) is 6.34. The van der Waals surface area contributed by atoms with Crippen LogP contribution in [0.2, 0.25) is 5.02 Å². The van der Waals surface area contributed by atoms with Crippen LogP contribution in [0.1, 0.15) is 18.9 Å². The topological polar surface area (TPSA) is 40.5 Å². The van der Waals surface area contributed by atoms with Gasteiger partial charge in [0.05, 0.1) is 13.2 Å². The smallest absolute Gasteiger partial charge is 0.0550 e. The standard InChI is InChI=1S/C13H19ClO2S/c1-2-17-7-6-13(9-15,10-16)11-4-3-5-12(14)8-11/h3-5,8,15-16H,2,6-7,9-10H2,1H3. The third-order valence-electron chi connectivity index (χ3n) is 2.97. The number of halogens is 1. The van der Waals surface area contributed by atoms with Gasteiger partial charge in [-0.3, -0.25) is 0 Å². The molecule has 0 aromatic heterocycles. The second kappa shape index (κ2) is 7.27. The quantitative estimate of drug-likeness (QED) is 0.751. The summed E-state index contributed by atoms with van der Waals surface area (Å²) in [6.07, 6.45) is 0.749. The zero-order valence-electron chi connectivity index (χ0n) is 10.0. The maximum Gasteiger partial charge on any atom is 0.0550 e. The van der Waals surface area contributed by atoms with Gasteiger partial charge in [-0.05, 0) is 35.6 Å². The summed E-state index contributed by atoms with van der Waals surface area (Å²) in [5.41, 5.74) is 0.333. The summed E-state index contributed by atoms with van der Waals surface area (Å²) < 4.78 is 0. The van der Waals surface area contributed by atoms with Gasteiger partial charge in [0, 0.05) is 10.4 Å². The molecule has 0 heterocycles. The van der Waals surface area contributed by atoms with Crippen molar-refractivity contribution in [3.63, 3.8) is 0 Å². The summed E-state index contributed by atoms with van der Waals surface area (Å²) in [5, 5.41) is 19.9. The minimum Gasteiger partial charge on any atom is -0.395 e. The van der Waals surface area contributed by atoms with E-state index in [9.17, 15) is 10.2 Å². The van der Waals surface area contributed by atoms with Crippen molar-refractivity contribution in [3.8, 4) is 0 Å². The summed E-state index contributed by atoms with van der Waals surface area (Å²) in [6.45, 7) is 1.98. The Morgan fingerprint density at radius 3 is 2.53 bits per heavy atom. The third-order valence-corrected chi connectivity index (χ3v) is 4.11. The molecule has 0 spiro atoms. The fourth-order valence-electron chi connectivity index (χ4n) is 1.77. The van der Waals surface area contributed by atoms with E-state index < -0.39 is 5.41 Å². The predicted octanol–water partition coefficient (Wildman–Crippen LogP) is 2.71. The molecule has 2 nitrogen and oxygen atoms in total. The van der Waals surface area contributed by atoms with Gasteiger partial charge < -0.3 is 10.2 Å². The van der Waals surface area contributed by atoms with Crippen LogP contribution in [0.3, 0.4) is 0 Å². The monoisotopic (exact) mass is 274 g/mol. The van der Waals surface area contributed by atoms with Gasteiger partial charge >= 0.3 is 0 Å². The van der Waals surface area contributed by atoms with Gasteiger partial charge in [0.25, 0.3) is 0 Å². The van der Waals surface area contributed by atoms with Gasteiger partial charge in [0.15, 0.2) is 0 Å². The van der Waals surface area contributed by atoms with Gasteiger partial charge in [0.1, 0.15) is 0 Å². The molecule has 1 aromatic carbocycles. The van der Waals surface area contributed by atoms with Crippen LogP contribution < -0.4 is 0 Å². The summed E-state index contributed by atoms with van der Waals surface area (Å²) in [7, 11) is 0. The molecule has 1 rings (SSSR count). The van der Waals surface area contributed by atoms with E-state index in [1.165, 1.54) is 0 Å². The van der Waals surface area contributed by atoms with Crippen molar-refractivity contribution in [3.05, 3.63) is 34.9 Å². The average Bonchev–Trinajstić information content (AvgIpc) is 2.35. The van der Waals surface area contributed by atoms with Crippen LogP contribution in [0.15, 0.2) is 24.3 Å². The summed E-state index contributed by atoms with van der Waals surface area (Å²) in [5.74, 6) is 1.96. The van der Waals surface area contributed by atoms with Crippen LogP contribution in [-0.4, -0.2) is 34.9 Å². The third kappa shape index (κ3) is 3.88. The van der Waals surface area contributed by atoms with Crippen molar-refractivity contribution in [2.75, 3.05) is 24.7 Å². The molecule has 96 valence electrons. The Morgan fingerprint density at radius 2 is 2.00 bits per heavy atom. The highest BCUT2D eigenvalue weighted by Crippen LogP contribution is 2.30. The molecular weight excluding hydrogens is 256 g/mol. The number of thioether (sulfide) groups is 1.